The molecule has 0 saturated heterocycles. The van der Waals surface area contributed by atoms with Gasteiger partial charge < -0.3 is 15.5 Å². The molecule has 140 valence electrons. The number of hydrogen-bond acceptors (Lipinski definition) is 4. The van der Waals surface area contributed by atoms with Crippen LogP contribution in [0.4, 0.5) is 5.69 Å². The van der Waals surface area contributed by atoms with Crippen LogP contribution in [-0.4, -0.2) is 31.4 Å². The van der Waals surface area contributed by atoms with E-state index in [0.717, 1.165) is 23.7 Å². The number of rotatable bonds is 9. The number of aryl methyl sites for hydroxylation is 1. The SMILES string of the molecule is CCN(CCNC(=O)CC(NC(C)=O)c1cccs1)c1cccc(C)c1. The van der Waals surface area contributed by atoms with Crippen molar-refractivity contribution in [2.75, 3.05) is 24.5 Å². The molecule has 0 spiro atoms. The Morgan fingerprint density at radius 1 is 1.23 bits per heavy atom. The lowest BCUT2D eigenvalue weighted by Crippen LogP contribution is -2.37. The van der Waals surface area contributed by atoms with E-state index in [0.29, 0.717) is 6.54 Å². The molecular weight excluding hydrogens is 346 g/mol. The maximum absolute atomic E-state index is 12.3. The highest BCUT2D eigenvalue weighted by atomic mass is 32.1. The maximum atomic E-state index is 12.3. The van der Waals surface area contributed by atoms with Gasteiger partial charge in [-0.2, -0.15) is 0 Å². The van der Waals surface area contributed by atoms with E-state index in [2.05, 4.69) is 47.6 Å². The van der Waals surface area contributed by atoms with E-state index < -0.39 is 0 Å². The van der Waals surface area contributed by atoms with Crippen LogP contribution in [0.3, 0.4) is 0 Å². The minimum atomic E-state index is -0.272. The van der Waals surface area contributed by atoms with Gasteiger partial charge in [0.15, 0.2) is 0 Å². The summed E-state index contributed by atoms with van der Waals surface area (Å²) in [5, 5.41) is 7.77. The summed E-state index contributed by atoms with van der Waals surface area (Å²) >= 11 is 1.54. The molecule has 1 atom stereocenters. The summed E-state index contributed by atoms with van der Waals surface area (Å²) in [6.45, 7) is 7.84. The molecule has 1 heterocycles. The Morgan fingerprint density at radius 3 is 2.65 bits per heavy atom. The number of amides is 2. The smallest absolute Gasteiger partial charge is 0.222 e. The van der Waals surface area contributed by atoms with Crippen molar-refractivity contribution in [3.63, 3.8) is 0 Å². The molecule has 5 nitrogen and oxygen atoms in total. The average molecular weight is 374 g/mol. The van der Waals surface area contributed by atoms with E-state index in [1.807, 2.05) is 23.6 Å². The molecule has 1 aromatic carbocycles. The van der Waals surface area contributed by atoms with E-state index in [1.54, 1.807) is 11.3 Å². The number of anilines is 1. The van der Waals surface area contributed by atoms with Crippen molar-refractivity contribution in [2.24, 2.45) is 0 Å². The van der Waals surface area contributed by atoms with Gasteiger partial charge in [0.25, 0.3) is 0 Å². The monoisotopic (exact) mass is 373 g/mol. The summed E-state index contributed by atoms with van der Waals surface area (Å²) in [7, 11) is 0. The molecule has 2 N–H and O–H groups in total. The first-order valence-electron chi connectivity index (χ1n) is 8.88. The van der Waals surface area contributed by atoms with Gasteiger partial charge in [0.1, 0.15) is 0 Å². The zero-order valence-corrected chi connectivity index (χ0v) is 16.4. The van der Waals surface area contributed by atoms with Gasteiger partial charge in [0.2, 0.25) is 11.8 Å². The van der Waals surface area contributed by atoms with Crippen molar-refractivity contribution >= 4 is 28.8 Å². The number of likely N-dealkylation sites (N-methyl/N-ethyl adjacent to an activating group) is 1. The first-order chi connectivity index (χ1) is 12.5. The molecule has 6 heteroatoms. The highest BCUT2D eigenvalue weighted by Crippen LogP contribution is 2.22. The lowest BCUT2D eigenvalue weighted by atomic mass is 10.1. The van der Waals surface area contributed by atoms with E-state index >= 15 is 0 Å². The second-order valence-electron chi connectivity index (χ2n) is 6.24. The van der Waals surface area contributed by atoms with Gasteiger partial charge in [-0.05, 0) is 43.0 Å². The summed E-state index contributed by atoms with van der Waals surface area (Å²) < 4.78 is 0. The van der Waals surface area contributed by atoms with Crippen LogP contribution in [0, 0.1) is 6.92 Å². The molecule has 0 radical (unpaired) electrons. The molecule has 1 unspecified atom stereocenters. The molecule has 0 fully saturated rings. The van der Waals surface area contributed by atoms with Crippen molar-refractivity contribution in [3.8, 4) is 0 Å². The predicted molar refractivity (Wildman–Crippen MR) is 108 cm³/mol. The van der Waals surface area contributed by atoms with Gasteiger partial charge in [-0.15, -0.1) is 11.3 Å². The fourth-order valence-corrected chi connectivity index (χ4v) is 3.62. The molecule has 2 amide bonds. The van der Waals surface area contributed by atoms with E-state index in [-0.39, 0.29) is 24.3 Å². The van der Waals surface area contributed by atoms with Crippen LogP contribution in [0.5, 0.6) is 0 Å². The predicted octanol–water partition coefficient (Wildman–Crippen LogP) is 3.27. The molecule has 0 aliphatic carbocycles. The Bertz CT molecular complexity index is 716. The largest absolute Gasteiger partial charge is 0.370 e. The topological polar surface area (TPSA) is 61.4 Å². The van der Waals surface area contributed by atoms with Crippen LogP contribution in [0.15, 0.2) is 41.8 Å². The van der Waals surface area contributed by atoms with Crippen molar-refractivity contribution in [3.05, 3.63) is 52.2 Å². The van der Waals surface area contributed by atoms with Crippen LogP contribution in [0.2, 0.25) is 0 Å². The van der Waals surface area contributed by atoms with Gasteiger partial charge >= 0.3 is 0 Å². The molecule has 1 aromatic heterocycles. The third-order valence-electron chi connectivity index (χ3n) is 4.11. The first-order valence-corrected chi connectivity index (χ1v) is 9.76. The van der Waals surface area contributed by atoms with Gasteiger partial charge in [-0.3, -0.25) is 9.59 Å². The number of carbonyl (C=O) groups is 2. The molecule has 26 heavy (non-hydrogen) atoms. The molecular formula is C20H27N3O2S. The van der Waals surface area contributed by atoms with Gasteiger partial charge in [-0.1, -0.05) is 18.2 Å². The zero-order chi connectivity index (χ0) is 18.9. The third-order valence-corrected chi connectivity index (χ3v) is 5.09. The van der Waals surface area contributed by atoms with Gasteiger partial charge in [0, 0.05) is 37.1 Å². The highest BCUT2D eigenvalue weighted by molar-refractivity contribution is 7.10. The summed E-state index contributed by atoms with van der Waals surface area (Å²) in [4.78, 5) is 27.0. The fraction of sp³-hybridized carbons (Fsp3) is 0.400. The van der Waals surface area contributed by atoms with Crippen molar-refractivity contribution in [2.45, 2.75) is 33.2 Å². The van der Waals surface area contributed by atoms with Crippen molar-refractivity contribution in [1.82, 2.24) is 10.6 Å². The average Bonchev–Trinajstić information content (AvgIpc) is 3.12. The summed E-state index contributed by atoms with van der Waals surface area (Å²) in [6, 6.07) is 11.9. The molecule has 2 aromatic rings. The number of nitrogens with zero attached hydrogens (tertiary/aromatic N) is 1. The first kappa shape index (κ1) is 20.0. The summed E-state index contributed by atoms with van der Waals surface area (Å²) in [5.41, 5.74) is 2.38. The second-order valence-corrected chi connectivity index (χ2v) is 7.22. The van der Waals surface area contributed by atoms with Crippen LogP contribution in [-0.2, 0) is 9.59 Å². The fourth-order valence-electron chi connectivity index (χ4n) is 2.84. The van der Waals surface area contributed by atoms with Crippen LogP contribution >= 0.6 is 11.3 Å². The quantitative estimate of drug-likeness (QED) is 0.709. The number of hydrogen-bond donors (Lipinski definition) is 2. The number of thiophene rings is 1. The van der Waals surface area contributed by atoms with E-state index in [9.17, 15) is 9.59 Å². The van der Waals surface area contributed by atoms with Crippen molar-refractivity contribution < 1.29 is 9.59 Å². The minimum Gasteiger partial charge on any atom is -0.370 e. The Labute approximate surface area is 159 Å². The molecule has 0 aliphatic rings. The van der Waals surface area contributed by atoms with Gasteiger partial charge in [0.05, 0.1) is 12.5 Å². The lowest BCUT2D eigenvalue weighted by Gasteiger charge is -2.24. The Hall–Kier alpha value is -2.34. The Kier molecular flexibility index (Phi) is 7.66. The zero-order valence-electron chi connectivity index (χ0n) is 15.6. The molecule has 2 rings (SSSR count). The summed E-state index contributed by atoms with van der Waals surface area (Å²) in [5.74, 6) is -0.190. The summed E-state index contributed by atoms with van der Waals surface area (Å²) in [6.07, 6.45) is 0.247. The maximum Gasteiger partial charge on any atom is 0.222 e. The van der Waals surface area contributed by atoms with E-state index in [4.69, 9.17) is 0 Å². The molecule has 0 aliphatic heterocycles. The van der Waals surface area contributed by atoms with Crippen LogP contribution in [0.25, 0.3) is 0 Å². The number of benzene rings is 1. The van der Waals surface area contributed by atoms with E-state index in [1.165, 1.54) is 12.5 Å². The molecule has 0 saturated carbocycles. The normalized spacial score (nSPS) is 11.7. The van der Waals surface area contributed by atoms with Crippen LogP contribution in [0.1, 0.15) is 36.8 Å². The Balaban J connectivity index is 1.85. The Morgan fingerprint density at radius 2 is 2.04 bits per heavy atom. The third kappa shape index (κ3) is 6.19. The second kappa shape index (κ2) is 9.97. The van der Waals surface area contributed by atoms with Crippen molar-refractivity contribution in [1.29, 1.82) is 0 Å². The molecule has 0 bridgehead atoms. The number of nitrogens with one attached hydrogen (secondary N) is 2. The highest BCUT2D eigenvalue weighted by Gasteiger charge is 2.18. The minimum absolute atomic E-state index is 0.0579. The van der Waals surface area contributed by atoms with Gasteiger partial charge in [-0.25, -0.2) is 0 Å². The van der Waals surface area contributed by atoms with Crippen LogP contribution < -0.4 is 15.5 Å². The number of carbonyl (C=O) groups excluding carboxylic acids is 2. The lowest BCUT2D eigenvalue weighted by molar-refractivity contribution is -0.122. The standard InChI is InChI=1S/C20H27N3O2S/c1-4-23(17-8-5-7-15(2)13-17)11-10-21-20(25)14-18(22-16(3)24)19-9-6-12-26-19/h5-9,12-13,18H,4,10-11,14H2,1-3H3,(H,21,25)(H,22,24).